The Labute approximate surface area is 165 Å². The molecule has 2 aromatic carbocycles. The van der Waals surface area contributed by atoms with E-state index in [-0.39, 0.29) is 11.4 Å². The van der Waals surface area contributed by atoms with Gasteiger partial charge < -0.3 is 10.1 Å². The number of hydrogen-bond acceptors (Lipinski definition) is 5. The Morgan fingerprint density at radius 1 is 1.11 bits per heavy atom. The van der Waals surface area contributed by atoms with Crippen LogP contribution in [0.3, 0.4) is 0 Å². The number of carbonyl (C=O) groups excluding carboxylic acids is 2. The van der Waals surface area contributed by atoms with Crippen molar-refractivity contribution < 1.29 is 18.7 Å². The standard InChI is InChI=1S/C21H15FN2O3S/c22-17-9-7-15(8-10-17)20(18-2-1-11-28-18)24-19(25)13-27-21(26)16-5-3-14(12-23)4-6-16/h1-11,20H,13H2,(H,24,25)/t20-/m1/s1. The van der Waals surface area contributed by atoms with Crippen molar-refractivity contribution in [2.45, 2.75) is 6.04 Å². The van der Waals surface area contributed by atoms with Crippen LogP contribution in [-0.2, 0) is 9.53 Å². The van der Waals surface area contributed by atoms with Gasteiger partial charge in [0.15, 0.2) is 6.61 Å². The van der Waals surface area contributed by atoms with Crippen molar-refractivity contribution in [3.8, 4) is 6.07 Å². The zero-order valence-corrected chi connectivity index (χ0v) is 15.4. The van der Waals surface area contributed by atoms with E-state index in [1.807, 2.05) is 23.6 Å². The minimum Gasteiger partial charge on any atom is -0.452 e. The Balaban J connectivity index is 1.64. The van der Waals surface area contributed by atoms with Crippen LogP contribution in [0.2, 0.25) is 0 Å². The molecule has 1 atom stereocenters. The van der Waals surface area contributed by atoms with Gasteiger partial charge in [-0.15, -0.1) is 11.3 Å². The molecular formula is C21H15FN2O3S. The minimum absolute atomic E-state index is 0.250. The van der Waals surface area contributed by atoms with Crippen molar-refractivity contribution in [1.82, 2.24) is 5.32 Å². The molecule has 3 aromatic rings. The molecule has 0 spiro atoms. The smallest absolute Gasteiger partial charge is 0.338 e. The number of benzene rings is 2. The van der Waals surface area contributed by atoms with Crippen LogP contribution in [-0.4, -0.2) is 18.5 Å². The van der Waals surface area contributed by atoms with E-state index in [0.717, 1.165) is 10.4 Å². The normalized spacial score (nSPS) is 11.3. The topological polar surface area (TPSA) is 79.2 Å². The quantitative estimate of drug-likeness (QED) is 0.645. The predicted molar refractivity (Wildman–Crippen MR) is 102 cm³/mol. The molecule has 0 radical (unpaired) electrons. The first-order valence-corrected chi connectivity index (χ1v) is 9.20. The molecule has 5 nitrogen and oxygen atoms in total. The van der Waals surface area contributed by atoms with Gasteiger partial charge >= 0.3 is 5.97 Å². The number of ether oxygens (including phenoxy) is 1. The van der Waals surface area contributed by atoms with Gasteiger partial charge in [-0.3, -0.25) is 4.79 Å². The fourth-order valence-electron chi connectivity index (χ4n) is 2.53. The maximum atomic E-state index is 13.2. The molecule has 1 aromatic heterocycles. The van der Waals surface area contributed by atoms with Crippen molar-refractivity contribution in [3.63, 3.8) is 0 Å². The van der Waals surface area contributed by atoms with Crippen LogP contribution in [0.25, 0.3) is 0 Å². The summed E-state index contributed by atoms with van der Waals surface area (Å²) in [5, 5.41) is 13.5. The second kappa shape index (κ2) is 8.93. The van der Waals surface area contributed by atoms with Gasteiger partial charge in [-0.2, -0.15) is 5.26 Å². The van der Waals surface area contributed by atoms with Crippen LogP contribution in [0.1, 0.15) is 32.4 Å². The Bertz CT molecular complexity index is 994. The highest BCUT2D eigenvalue weighted by Gasteiger charge is 2.19. The molecule has 1 amide bonds. The van der Waals surface area contributed by atoms with Crippen LogP contribution in [0.15, 0.2) is 66.0 Å². The van der Waals surface area contributed by atoms with Gasteiger partial charge in [-0.1, -0.05) is 18.2 Å². The molecule has 140 valence electrons. The van der Waals surface area contributed by atoms with Gasteiger partial charge in [0.25, 0.3) is 5.91 Å². The molecule has 1 N–H and O–H groups in total. The van der Waals surface area contributed by atoms with E-state index in [1.165, 1.54) is 47.7 Å². The lowest BCUT2D eigenvalue weighted by atomic mass is 10.1. The van der Waals surface area contributed by atoms with Gasteiger partial charge in [0.2, 0.25) is 0 Å². The van der Waals surface area contributed by atoms with Gasteiger partial charge in [-0.25, -0.2) is 9.18 Å². The minimum atomic E-state index is -0.658. The number of thiophene rings is 1. The summed E-state index contributed by atoms with van der Waals surface area (Å²) in [7, 11) is 0. The highest BCUT2D eigenvalue weighted by atomic mass is 32.1. The molecule has 28 heavy (non-hydrogen) atoms. The largest absolute Gasteiger partial charge is 0.452 e. The first-order chi connectivity index (χ1) is 13.6. The van der Waals surface area contributed by atoms with Crippen molar-refractivity contribution in [2.24, 2.45) is 0 Å². The van der Waals surface area contributed by atoms with Crippen molar-refractivity contribution >= 4 is 23.2 Å². The van der Waals surface area contributed by atoms with E-state index in [0.29, 0.717) is 5.56 Å². The zero-order chi connectivity index (χ0) is 19.9. The first-order valence-electron chi connectivity index (χ1n) is 8.32. The Hall–Kier alpha value is -3.50. The SMILES string of the molecule is N#Cc1ccc(C(=O)OCC(=O)N[C@H](c2ccc(F)cc2)c2cccs2)cc1. The summed E-state index contributed by atoms with van der Waals surface area (Å²) in [4.78, 5) is 25.2. The summed E-state index contributed by atoms with van der Waals surface area (Å²) < 4.78 is 18.3. The first kappa shape index (κ1) is 19.3. The third-order valence-corrected chi connectivity index (χ3v) is 4.86. The van der Waals surface area contributed by atoms with Crippen LogP contribution < -0.4 is 5.32 Å². The molecule has 0 saturated heterocycles. The fraction of sp³-hybridized carbons (Fsp3) is 0.0952. The summed E-state index contributed by atoms with van der Waals surface area (Å²) in [5.74, 6) is -1.50. The summed E-state index contributed by atoms with van der Waals surface area (Å²) in [6, 6.07) is 17.0. The molecule has 1 heterocycles. The molecule has 3 rings (SSSR count). The number of rotatable bonds is 6. The average Bonchev–Trinajstić information content (AvgIpc) is 3.25. The Kier molecular flexibility index (Phi) is 6.14. The Morgan fingerprint density at radius 3 is 2.43 bits per heavy atom. The number of hydrogen-bond donors (Lipinski definition) is 1. The fourth-order valence-corrected chi connectivity index (χ4v) is 3.33. The monoisotopic (exact) mass is 394 g/mol. The third kappa shape index (κ3) is 4.81. The van der Waals surface area contributed by atoms with Crippen LogP contribution in [0, 0.1) is 17.1 Å². The van der Waals surface area contributed by atoms with Gasteiger partial charge in [0.1, 0.15) is 5.82 Å². The number of halogens is 1. The summed E-state index contributed by atoms with van der Waals surface area (Å²) >= 11 is 1.45. The number of nitrogens with one attached hydrogen (secondary N) is 1. The second-order valence-electron chi connectivity index (χ2n) is 5.83. The van der Waals surface area contributed by atoms with Gasteiger partial charge in [-0.05, 0) is 53.4 Å². The summed E-state index contributed by atoms with van der Waals surface area (Å²) in [5.41, 5.74) is 1.39. The lowest BCUT2D eigenvalue weighted by molar-refractivity contribution is -0.124. The van der Waals surface area contributed by atoms with Gasteiger partial charge in [0.05, 0.1) is 23.2 Å². The number of carbonyl (C=O) groups is 2. The lowest BCUT2D eigenvalue weighted by Crippen LogP contribution is -2.32. The third-order valence-electron chi connectivity index (χ3n) is 3.92. The second-order valence-corrected chi connectivity index (χ2v) is 6.81. The van der Waals surface area contributed by atoms with Crippen molar-refractivity contribution in [3.05, 3.63) is 93.4 Å². The zero-order valence-electron chi connectivity index (χ0n) is 14.6. The van der Waals surface area contributed by atoms with E-state index in [9.17, 15) is 14.0 Å². The summed E-state index contributed by atoms with van der Waals surface area (Å²) in [6.07, 6.45) is 0. The average molecular weight is 394 g/mol. The predicted octanol–water partition coefficient (Wildman–Crippen LogP) is 3.82. The molecule has 0 bridgehead atoms. The maximum absolute atomic E-state index is 13.2. The molecule has 0 fully saturated rings. The number of esters is 1. The summed E-state index contributed by atoms with van der Waals surface area (Å²) in [6.45, 7) is -0.456. The van der Waals surface area contributed by atoms with Crippen LogP contribution >= 0.6 is 11.3 Å². The van der Waals surface area contributed by atoms with E-state index >= 15 is 0 Å². The number of amides is 1. The van der Waals surface area contributed by atoms with Gasteiger partial charge in [0, 0.05) is 4.88 Å². The maximum Gasteiger partial charge on any atom is 0.338 e. The highest BCUT2D eigenvalue weighted by molar-refractivity contribution is 7.10. The van der Waals surface area contributed by atoms with Crippen molar-refractivity contribution in [2.75, 3.05) is 6.61 Å². The van der Waals surface area contributed by atoms with E-state index < -0.39 is 24.5 Å². The van der Waals surface area contributed by atoms with Crippen LogP contribution in [0.5, 0.6) is 0 Å². The molecule has 0 aliphatic rings. The highest BCUT2D eigenvalue weighted by Crippen LogP contribution is 2.26. The molecule has 0 aliphatic carbocycles. The Morgan fingerprint density at radius 2 is 1.82 bits per heavy atom. The molecule has 0 aliphatic heterocycles. The lowest BCUT2D eigenvalue weighted by Gasteiger charge is -2.18. The van der Waals surface area contributed by atoms with E-state index in [2.05, 4.69) is 5.32 Å². The van der Waals surface area contributed by atoms with E-state index in [1.54, 1.807) is 12.1 Å². The molecule has 0 saturated carbocycles. The molecule has 0 unspecified atom stereocenters. The van der Waals surface area contributed by atoms with E-state index in [4.69, 9.17) is 10.00 Å². The molecule has 7 heteroatoms. The number of nitrogens with zero attached hydrogens (tertiary/aromatic N) is 1. The molecular weight excluding hydrogens is 379 g/mol. The van der Waals surface area contributed by atoms with Crippen molar-refractivity contribution in [1.29, 1.82) is 5.26 Å². The number of nitriles is 1. The van der Waals surface area contributed by atoms with Crippen LogP contribution in [0.4, 0.5) is 4.39 Å².